The lowest BCUT2D eigenvalue weighted by Gasteiger charge is -2.10. The number of aromatic nitrogens is 2. The number of carbonyl (C=O) groups excluding carboxylic acids is 1. The zero-order valence-corrected chi connectivity index (χ0v) is 14.6. The lowest BCUT2D eigenvalue weighted by molar-refractivity contribution is -0.137. The first-order valence-electron chi connectivity index (χ1n) is 7.33. The van der Waals surface area contributed by atoms with E-state index in [9.17, 15) is 18.0 Å². The van der Waals surface area contributed by atoms with Crippen LogP contribution in [-0.2, 0) is 11.0 Å². The molecule has 0 aliphatic heterocycles. The molecule has 2 aromatic carbocycles. The number of anilines is 1. The Morgan fingerprint density at radius 1 is 1.12 bits per heavy atom. The van der Waals surface area contributed by atoms with Crippen molar-refractivity contribution in [1.29, 1.82) is 0 Å². The summed E-state index contributed by atoms with van der Waals surface area (Å²) < 4.78 is 43.8. The van der Waals surface area contributed by atoms with Gasteiger partial charge in [-0.3, -0.25) is 4.79 Å². The van der Waals surface area contributed by atoms with E-state index < -0.39 is 17.6 Å². The van der Waals surface area contributed by atoms with E-state index in [2.05, 4.69) is 31.2 Å². The smallest absolute Gasteiger partial charge is 0.416 e. The third-order valence-electron chi connectivity index (χ3n) is 3.40. The molecule has 3 aromatic rings. The molecule has 0 saturated heterocycles. The van der Waals surface area contributed by atoms with Gasteiger partial charge < -0.3 is 10.1 Å². The lowest BCUT2D eigenvalue weighted by Crippen LogP contribution is -2.20. The van der Waals surface area contributed by atoms with E-state index >= 15 is 0 Å². The Morgan fingerprint density at radius 2 is 1.85 bits per heavy atom. The molecule has 9 heteroatoms. The number of nitrogens with zero attached hydrogens (tertiary/aromatic N) is 2. The Balaban J connectivity index is 1.65. The number of nitrogens with one attached hydrogen (secondary N) is 1. The number of rotatable bonds is 4. The predicted octanol–water partition coefficient (Wildman–Crippen LogP) is 4.43. The normalized spacial score (nSPS) is 11.4. The van der Waals surface area contributed by atoms with Gasteiger partial charge in [-0.25, -0.2) is 9.97 Å². The van der Waals surface area contributed by atoms with Crippen molar-refractivity contribution >= 4 is 38.4 Å². The van der Waals surface area contributed by atoms with Crippen LogP contribution in [0.3, 0.4) is 0 Å². The van der Waals surface area contributed by atoms with Crippen LogP contribution in [-0.4, -0.2) is 22.5 Å². The summed E-state index contributed by atoms with van der Waals surface area (Å²) in [5, 5.41) is 3.10. The van der Waals surface area contributed by atoms with Gasteiger partial charge in [-0.1, -0.05) is 15.9 Å². The summed E-state index contributed by atoms with van der Waals surface area (Å²) in [4.78, 5) is 20.1. The molecule has 0 atom stereocenters. The summed E-state index contributed by atoms with van der Waals surface area (Å²) in [6, 6.07) is 9.50. The van der Waals surface area contributed by atoms with E-state index in [0.717, 1.165) is 16.6 Å². The third-order valence-corrected chi connectivity index (χ3v) is 3.89. The Labute approximate surface area is 154 Å². The fraction of sp³-hybridized carbons (Fsp3) is 0.118. The minimum Gasteiger partial charge on any atom is -0.467 e. The molecule has 0 unspecified atom stereocenters. The molecule has 0 aliphatic rings. The van der Waals surface area contributed by atoms with Crippen LogP contribution in [0.4, 0.5) is 18.9 Å². The highest BCUT2D eigenvalue weighted by Crippen LogP contribution is 2.30. The predicted molar refractivity (Wildman–Crippen MR) is 92.8 cm³/mol. The number of alkyl halides is 3. The van der Waals surface area contributed by atoms with Gasteiger partial charge in [0.15, 0.2) is 6.61 Å². The van der Waals surface area contributed by atoms with Gasteiger partial charge in [-0.05, 0) is 42.5 Å². The number of benzene rings is 2. The summed E-state index contributed by atoms with van der Waals surface area (Å²) in [7, 11) is 0. The van der Waals surface area contributed by atoms with Crippen molar-refractivity contribution in [3.05, 3.63) is 58.8 Å². The fourth-order valence-electron chi connectivity index (χ4n) is 2.19. The van der Waals surface area contributed by atoms with E-state index in [-0.39, 0.29) is 18.2 Å². The summed E-state index contributed by atoms with van der Waals surface area (Å²) in [5.74, 6) is -0.287. The second-order valence-electron chi connectivity index (χ2n) is 5.25. The third kappa shape index (κ3) is 4.29. The van der Waals surface area contributed by atoms with Gasteiger partial charge in [0.05, 0.1) is 16.5 Å². The molecular formula is C17H11BrF3N3O2. The van der Waals surface area contributed by atoms with Crippen LogP contribution in [0, 0.1) is 0 Å². The van der Waals surface area contributed by atoms with Crippen LogP contribution in [0.25, 0.3) is 10.9 Å². The monoisotopic (exact) mass is 425 g/mol. The van der Waals surface area contributed by atoms with Gasteiger partial charge >= 0.3 is 6.18 Å². The van der Waals surface area contributed by atoms with E-state index in [1.807, 2.05) is 6.07 Å². The number of hydrogen-bond acceptors (Lipinski definition) is 4. The largest absolute Gasteiger partial charge is 0.467 e. The highest BCUT2D eigenvalue weighted by Gasteiger charge is 2.29. The summed E-state index contributed by atoms with van der Waals surface area (Å²) in [5.41, 5.74) is 0.105. The average Bonchev–Trinajstić information content (AvgIpc) is 2.59. The van der Waals surface area contributed by atoms with E-state index in [1.165, 1.54) is 18.5 Å². The Kier molecular flexibility index (Phi) is 5.08. The first-order valence-corrected chi connectivity index (χ1v) is 8.12. The number of amides is 1. The molecule has 1 amide bonds. The van der Waals surface area contributed by atoms with Crippen molar-refractivity contribution < 1.29 is 22.7 Å². The van der Waals surface area contributed by atoms with Gasteiger partial charge in [0.25, 0.3) is 5.91 Å². The van der Waals surface area contributed by atoms with Crippen LogP contribution in [0.2, 0.25) is 0 Å². The van der Waals surface area contributed by atoms with Crippen molar-refractivity contribution in [1.82, 2.24) is 9.97 Å². The molecule has 0 bridgehead atoms. The van der Waals surface area contributed by atoms with E-state index in [1.54, 1.807) is 12.1 Å². The molecule has 5 nitrogen and oxygen atoms in total. The Bertz CT molecular complexity index is 946. The van der Waals surface area contributed by atoms with E-state index in [4.69, 9.17) is 4.74 Å². The van der Waals surface area contributed by atoms with Gasteiger partial charge in [0.1, 0.15) is 6.33 Å². The van der Waals surface area contributed by atoms with Crippen LogP contribution in [0.15, 0.2) is 53.3 Å². The van der Waals surface area contributed by atoms with Crippen LogP contribution in [0.5, 0.6) is 5.88 Å². The number of fused-ring (bicyclic) bond motifs is 1. The molecule has 1 aromatic heterocycles. The second-order valence-corrected chi connectivity index (χ2v) is 6.17. The quantitative estimate of drug-likeness (QED) is 0.671. The van der Waals surface area contributed by atoms with Crippen molar-refractivity contribution in [3.63, 3.8) is 0 Å². The number of ether oxygens (including phenoxy) is 1. The number of hydrogen-bond donors (Lipinski definition) is 1. The second kappa shape index (κ2) is 7.28. The standard InChI is InChI=1S/C17H11BrF3N3O2/c18-11-3-6-14-13(7-11)16(23-9-22-14)26-8-15(25)24-12-4-1-10(2-5-12)17(19,20)21/h1-7,9H,8H2,(H,24,25). The topological polar surface area (TPSA) is 64.1 Å². The molecule has 3 rings (SSSR count). The number of halogens is 4. The highest BCUT2D eigenvalue weighted by molar-refractivity contribution is 9.10. The molecule has 0 fully saturated rings. The highest BCUT2D eigenvalue weighted by atomic mass is 79.9. The Morgan fingerprint density at radius 3 is 2.54 bits per heavy atom. The molecule has 0 aliphatic carbocycles. The minimum atomic E-state index is -4.42. The van der Waals surface area contributed by atoms with Crippen LogP contribution >= 0.6 is 15.9 Å². The molecule has 1 heterocycles. The molecule has 0 radical (unpaired) electrons. The molecule has 1 N–H and O–H groups in total. The zero-order valence-electron chi connectivity index (χ0n) is 13.0. The number of carbonyl (C=O) groups is 1. The van der Waals surface area contributed by atoms with Crippen molar-refractivity contribution in [3.8, 4) is 5.88 Å². The zero-order chi connectivity index (χ0) is 18.7. The molecule has 0 saturated carbocycles. The Hall–Kier alpha value is -2.68. The maximum absolute atomic E-state index is 12.5. The molecule has 134 valence electrons. The molecule has 0 spiro atoms. The lowest BCUT2D eigenvalue weighted by atomic mass is 10.2. The summed E-state index contributed by atoms with van der Waals surface area (Å²) in [6.07, 6.45) is -3.10. The minimum absolute atomic E-state index is 0.235. The average molecular weight is 426 g/mol. The van der Waals surface area contributed by atoms with E-state index in [0.29, 0.717) is 10.9 Å². The van der Waals surface area contributed by atoms with Crippen molar-refractivity contribution in [2.75, 3.05) is 11.9 Å². The van der Waals surface area contributed by atoms with Gasteiger partial charge in [0, 0.05) is 10.2 Å². The fourth-order valence-corrected chi connectivity index (χ4v) is 2.55. The first kappa shape index (κ1) is 18.1. The molecule has 26 heavy (non-hydrogen) atoms. The SMILES string of the molecule is O=C(COc1ncnc2ccc(Br)cc12)Nc1ccc(C(F)(F)F)cc1. The van der Waals surface area contributed by atoms with Gasteiger partial charge in [0.2, 0.25) is 5.88 Å². The maximum atomic E-state index is 12.5. The summed E-state index contributed by atoms with van der Waals surface area (Å²) in [6.45, 7) is -0.348. The van der Waals surface area contributed by atoms with Crippen molar-refractivity contribution in [2.45, 2.75) is 6.18 Å². The maximum Gasteiger partial charge on any atom is 0.416 e. The van der Waals surface area contributed by atoms with Gasteiger partial charge in [-0.15, -0.1) is 0 Å². The van der Waals surface area contributed by atoms with Crippen molar-refractivity contribution in [2.24, 2.45) is 0 Å². The first-order chi connectivity index (χ1) is 12.3. The van der Waals surface area contributed by atoms with Gasteiger partial charge in [-0.2, -0.15) is 13.2 Å². The van der Waals surface area contributed by atoms with Crippen LogP contribution in [0.1, 0.15) is 5.56 Å². The molecular weight excluding hydrogens is 415 g/mol. The van der Waals surface area contributed by atoms with Crippen LogP contribution < -0.4 is 10.1 Å². The summed E-state index contributed by atoms with van der Waals surface area (Å²) >= 11 is 3.34.